The lowest BCUT2D eigenvalue weighted by Gasteiger charge is -1.96. The van der Waals surface area contributed by atoms with Crippen LogP contribution in [0.3, 0.4) is 0 Å². The molecule has 1 aromatic heterocycles. The van der Waals surface area contributed by atoms with Gasteiger partial charge in [0.1, 0.15) is 0 Å². The summed E-state index contributed by atoms with van der Waals surface area (Å²) in [6, 6.07) is 10.0. The molecule has 4 nitrogen and oxygen atoms in total. The second-order valence-electron chi connectivity index (χ2n) is 2.76. The van der Waals surface area contributed by atoms with Gasteiger partial charge in [-0.1, -0.05) is 42.1 Å². The standard InChI is InChI=1S/C9H9N3OS/c13-8-10-9(12-11-8)14-6-7-4-2-1-3-5-7/h1-5H,6H2,(H2,10,11,12,13). The van der Waals surface area contributed by atoms with Crippen LogP contribution in [0.5, 0.6) is 0 Å². The molecular formula is C9H9N3OS. The van der Waals surface area contributed by atoms with E-state index in [0.717, 1.165) is 5.75 Å². The smallest absolute Gasteiger partial charge is 0.284 e. The quantitative estimate of drug-likeness (QED) is 0.748. The maximum Gasteiger partial charge on any atom is 0.341 e. The van der Waals surface area contributed by atoms with Crippen molar-refractivity contribution in [3.05, 3.63) is 46.4 Å². The number of hydrogen-bond donors (Lipinski definition) is 2. The molecule has 14 heavy (non-hydrogen) atoms. The van der Waals surface area contributed by atoms with Crippen LogP contribution < -0.4 is 5.69 Å². The van der Waals surface area contributed by atoms with Crippen molar-refractivity contribution in [2.75, 3.05) is 0 Å². The first-order chi connectivity index (χ1) is 6.84. The van der Waals surface area contributed by atoms with Crippen LogP contribution in [-0.2, 0) is 5.75 Å². The Morgan fingerprint density at radius 3 is 2.71 bits per heavy atom. The third-order valence-electron chi connectivity index (χ3n) is 1.70. The molecule has 5 heteroatoms. The summed E-state index contributed by atoms with van der Waals surface area (Å²) < 4.78 is 0. The zero-order valence-corrected chi connectivity index (χ0v) is 8.17. The summed E-state index contributed by atoms with van der Waals surface area (Å²) in [5.41, 5.74) is 0.946. The minimum atomic E-state index is -0.263. The second-order valence-corrected chi connectivity index (χ2v) is 3.72. The molecule has 0 saturated carbocycles. The minimum absolute atomic E-state index is 0.263. The zero-order valence-electron chi connectivity index (χ0n) is 7.36. The van der Waals surface area contributed by atoms with Crippen molar-refractivity contribution in [1.29, 1.82) is 0 Å². The number of H-pyrrole nitrogens is 2. The number of aromatic amines is 2. The number of benzene rings is 1. The van der Waals surface area contributed by atoms with E-state index in [1.807, 2.05) is 30.3 Å². The van der Waals surface area contributed by atoms with E-state index in [1.165, 1.54) is 17.3 Å². The molecule has 72 valence electrons. The lowest BCUT2D eigenvalue weighted by molar-refractivity contribution is 0.970. The molecule has 0 radical (unpaired) electrons. The van der Waals surface area contributed by atoms with Crippen LogP contribution >= 0.6 is 11.8 Å². The Hall–Kier alpha value is -1.49. The van der Waals surface area contributed by atoms with Crippen LogP contribution in [0.15, 0.2) is 40.3 Å². The van der Waals surface area contributed by atoms with Crippen LogP contribution in [0.25, 0.3) is 0 Å². The first kappa shape index (κ1) is 9.08. The fourth-order valence-electron chi connectivity index (χ4n) is 1.05. The number of nitrogens with one attached hydrogen (secondary N) is 2. The lowest BCUT2D eigenvalue weighted by atomic mass is 10.2. The van der Waals surface area contributed by atoms with E-state index in [-0.39, 0.29) is 5.69 Å². The highest BCUT2D eigenvalue weighted by Crippen LogP contribution is 2.16. The highest BCUT2D eigenvalue weighted by Gasteiger charge is 1.98. The van der Waals surface area contributed by atoms with Crippen molar-refractivity contribution in [3.63, 3.8) is 0 Å². The summed E-state index contributed by atoms with van der Waals surface area (Å²) in [6.45, 7) is 0. The van der Waals surface area contributed by atoms with E-state index < -0.39 is 0 Å². The maximum absolute atomic E-state index is 10.7. The molecule has 1 aromatic carbocycles. The Labute approximate surface area is 84.8 Å². The summed E-state index contributed by atoms with van der Waals surface area (Å²) in [6.07, 6.45) is 0. The third kappa shape index (κ3) is 2.26. The van der Waals surface area contributed by atoms with E-state index in [9.17, 15) is 4.79 Å². The molecule has 0 fully saturated rings. The third-order valence-corrected chi connectivity index (χ3v) is 2.64. The molecule has 0 aliphatic rings. The molecule has 0 aliphatic carbocycles. The van der Waals surface area contributed by atoms with E-state index >= 15 is 0 Å². The summed E-state index contributed by atoms with van der Waals surface area (Å²) in [4.78, 5) is 13.3. The van der Waals surface area contributed by atoms with E-state index in [2.05, 4.69) is 15.2 Å². The number of aromatic nitrogens is 3. The van der Waals surface area contributed by atoms with Crippen LogP contribution in [0.1, 0.15) is 5.56 Å². The molecule has 0 amide bonds. The first-order valence-electron chi connectivity index (χ1n) is 4.16. The van der Waals surface area contributed by atoms with Gasteiger partial charge in [0.25, 0.3) is 0 Å². The van der Waals surface area contributed by atoms with Gasteiger partial charge in [0.15, 0.2) is 5.16 Å². The van der Waals surface area contributed by atoms with Crippen LogP contribution in [0.4, 0.5) is 0 Å². The number of hydrogen-bond acceptors (Lipinski definition) is 3. The number of thioether (sulfide) groups is 1. The Morgan fingerprint density at radius 1 is 1.29 bits per heavy atom. The Kier molecular flexibility index (Phi) is 2.69. The predicted molar refractivity (Wildman–Crippen MR) is 55.2 cm³/mol. The molecule has 0 unspecified atom stereocenters. The maximum atomic E-state index is 10.7. The fraction of sp³-hybridized carbons (Fsp3) is 0.111. The molecular weight excluding hydrogens is 198 g/mol. The second kappa shape index (κ2) is 4.15. The summed E-state index contributed by atoms with van der Waals surface area (Å²) in [7, 11) is 0. The average Bonchev–Trinajstić information content (AvgIpc) is 2.63. The Morgan fingerprint density at radius 2 is 2.07 bits per heavy atom. The molecule has 2 aromatic rings. The van der Waals surface area contributed by atoms with Gasteiger partial charge in [-0.15, -0.1) is 5.10 Å². The van der Waals surface area contributed by atoms with Crippen molar-refractivity contribution >= 4 is 11.8 Å². The molecule has 0 aliphatic heterocycles. The topological polar surface area (TPSA) is 61.5 Å². The van der Waals surface area contributed by atoms with Gasteiger partial charge in [-0.05, 0) is 5.56 Å². The SMILES string of the molecule is O=c1[nH]nc(SCc2ccccc2)[nH]1. The van der Waals surface area contributed by atoms with Crippen LogP contribution in [0.2, 0.25) is 0 Å². The van der Waals surface area contributed by atoms with Gasteiger partial charge >= 0.3 is 5.69 Å². The highest BCUT2D eigenvalue weighted by atomic mass is 32.2. The van der Waals surface area contributed by atoms with Gasteiger partial charge in [-0.2, -0.15) is 0 Å². The highest BCUT2D eigenvalue weighted by molar-refractivity contribution is 7.98. The van der Waals surface area contributed by atoms with Gasteiger partial charge in [-0.3, -0.25) is 4.98 Å². The lowest BCUT2D eigenvalue weighted by Crippen LogP contribution is -2.00. The van der Waals surface area contributed by atoms with E-state index in [4.69, 9.17) is 0 Å². The molecule has 0 saturated heterocycles. The minimum Gasteiger partial charge on any atom is -0.284 e. The first-order valence-corrected chi connectivity index (χ1v) is 5.14. The molecule has 2 N–H and O–H groups in total. The largest absolute Gasteiger partial charge is 0.341 e. The summed E-state index contributed by atoms with van der Waals surface area (Å²) in [5, 5.41) is 6.75. The molecule has 2 rings (SSSR count). The number of rotatable bonds is 3. The van der Waals surface area contributed by atoms with E-state index in [1.54, 1.807) is 0 Å². The zero-order chi connectivity index (χ0) is 9.80. The predicted octanol–water partition coefficient (Wildman–Crippen LogP) is 1.39. The molecule has 1 heterocycles. The van der Waals surface area contributed by atoms with Gasteiger partial charge in [0.05, 0.1) is 0 Å². The van der Waals surface area contributed by atoms with Crippen molar-refractivity contribution < 1.29 is 0 Å². The number of nitrogens with zero attached hydrogens (tertiary/aromatic N) is 1. The normalized spacial score (nSPS) is 10.3. The van der Waals surface area contributed by atoms with Gasteiger partial charge in [-0.25, -0.2) is 9.89 Å². The van der Waals surface area contributed by atoms with Crippen molar-refractivity contribution in [3.8, 4) is 0 Å². The average molecular weight is 207 g/mol. The molecule has 0 bridgehead atoms. The van der Waals surface area contributed by atoms with Gasteiger partial charge in [0.2, 0.25) is 0 Å². The van der Waals surface area contributed by atoms with Crippen molar-refractivity contribution in [2.45, 2.75) is 10.9 Å². The fourth-order valence-corrected chi connectivity index (χ4v) is 1.82. The van der Waals surface area contributed by atoms with E-state index in [0.29, 0.717) is 5.16 Å². The van der Waals surface area contributed by atoms with Gasteiger partial charge < -0.3 is 0 Å². The molecule has 0 spiro atoms. The Bertz CT molecular complexity index is 448. The van der Waals surface area contributed by atoms with Crippen molar-refractivity contribution in [1.82, 2.24) is 15.2 Å². The van der Waals surface area contributed by atoms with Crippen molar-refractivity contribution in [2.24, 2.45) is 0 Å². The monoisotopic (exact) mass is 207 g/mol. The summed E-state index contributed by atoms with van der Waals surface area (Å²) in [5.74, 6) is 0.807. The van der Waals surface area contributed by atoms with Crippen LogP contribution in [0, 0.1) is 0 Å². The van der Waals surface area contributed by atoms with Gasteiger partial charge in [0, 0.05) is 5.75 Å². The molecule has 0 atom stereocenters. The Balaban J connectivity index is 1.98. The van der Waals surface area contributed by atoms with Crippen LogP contribution in [-0.4, -0.2) is 15.2 Å². The summed E-state index contributed by atoms with van der Waals surface area (Å²) >= 11 is 1.50.